The smallest absolute Gasteiger partial charge is 0.410 e. The summed E-state index contributed by atoms with van der Waals surface area (Å²) in [5.41, 5.74) is -0.852. The molecule has 3 rings (SSSR count). The Morgan fingerprint density at radius 3 is 2.42 bits per heavy atom. The van der Waals surface area contributed by atoms with E-state index in [-0.39, 0.29) is 17.2 Å². The number of likely N-dealkylation sites (tertiary alicyclic amines) is 1. The predicted molar refractivity (Wildman–Crippen MR) is 94.0 cm³/mol. The standard InChI is InChI=1S/C19H34N2O3/c1-17(2,3)24-16(22)21-14-7-15(19(21)11-5-12-19)20-13-6-10-18(23)8-4-9-18/h15,20,23H,4-14H2,1-3H3/t15-/m1/s1. The second-order valence-corrected chi connectivity index (χ2v) is 9.07. The summed E-state index contributed by atoms with van der Waals surface area (Å²) in [6.07, 6.45) is 9.20. The number of hydrogen-bond donors (Lipinski definition) is 2. The molecule has 1 amide bonds. The second-order valence-electron chi connectivity index (χ2n) is 9.07. The largest absolute Gasteiger partial charge is 0.444 e. The molecular formula is C19H34N2O3. The molecule has 138 valence electrons. The van der Waals surface area contributed by atoms with E-state index in [0.29, 0.717) is 6.04 Å². The summed E-state index contributed by atoms with van der Waals surface area (Å²) in [6.45, 7) is 7.49. The van der Waals surface area contributed by atoms with E-state index >= 15 is 0 Å². The molecule has 3 aliphatic rings. The number of rotatable bonds is 5. The third-order valence-electron chi connectivity index (χ3n) is 6.15. The normalized spacial score (nSPS) is 27.7. The highest BCUT2D eigenvalue weighted by Crippen LogP contribution is 2.46. The Morgan fingerprint density at radius 2 is 1.92 bits per heavy atom. The summed E-state index contributed by atoms with van der Waals surface area (Å²) < 4.78 is 5.62. The quantitative estimate of drug-likeness (QED) is 0.756. The Morgan fingerprint density at radius 1 is 1.25 bits per heavy atom. The first-order valence-electron chi connectivity index (χ1n) is 9.71. The van der Waals surface area contributed by atoms with Crippen LogP contribution in [0.25, 0.3) is 0 Å². The van der Waals surface area contributed by atoms with Gasteiger partial charge >= 0.3 is 6.09 Å². The Labute approximate surface area is 146 Å². The molecule has 1 spiro atoms. The van der Waals surface area contributed by atoms with Gasteiger partial charge in [-0.25, -0.2) is 4.79 Å². The maximum Gasteiger partial charge on any atom is 0.410 e. The van der Waals surface area contributed by atoms with Crippen LogP contribution in [0, 0.1) is 0 Å². The van der Waals surface area contributed by atoms with Crippen molar-refractivity contribution in [3.63, 3.8) is 0 Å². The van der Waals surface area contributed by atoms with Gasteiger partial charge in [0.25, 0.3) is 0 Å². The van der Waals surface area contributed by atoms with E-state index in [9.17, 15) is 9.90 Å². The number of nitrogens with zero attached hydrogens (tertiary/aromatic N) is 1. The van der Waals surface area contributed by atoms with Crippen LogP contribution < -0.4 is 5.32 Å². The first-order chi connectivity index (χ1) is 11.2. The number of carbonyl (C=O) groups excluding carboxylic acids is 1. The van der Waals surface area contributed by atoms with Crippen molar-refractivity contribution in [3.8, 4) is 0 Å². The number of nitrogens with one attached hydrogen (secondary N) is 1. The van der Waals surface area contributed by atoms with E-state index < -0.39 is 5.60 Å². The fraction of sp³-hybridized carbons (Fsp3) is 0.947. The summed E-state index contributed by atoms with van der Waals surface area (Å²) in [7, 11) is 0. The van der Waals surface area contributed by atoms with Crippen molar-refractivity contribution in [2.24, 2.45) is 0 Å². The lowest BCUT2D eigenvalue weighted by atomic mass is 9.72. The van der Waals surface area contributed by atoms with Crippen LogP contribution in [0.3, 0.4) is 0 Å². The van der Waals surface area contributed by atoms with Gasteiger partial charge in [-0.3, -0.25) is 0 Å². The molecule has 0 aromatic heterocycles. The number of carbonyl (C=O) groups is 1. The monoisotopic (exact) mass is 338 g/mol. The maximum atomic E-state index is 12.6. The van der Waals surface area contributed by atoms with Crippen molar-refractivity contribution in [2.45, 2.75) is 101 Å². The van der Waals surface area contributed by atoms with E-state index in [0.717, 1.165) is 58.0 Å². The maximum absolute atomic E-state index is 12.6. The average molecular weight is 338 g/mol. The minimum Gasteiger partial charge on any atom is -0.444 e. The van der Waals surface area contributed by atoms with Gasteiger partial charge in [-0.05, 0) is 85.1 Å². The van der Waals surface area contributed by atoms with Crippen LogP contribution in [-0.2, 0) is 4.74 Å². The summed E-state index contributed by atoms with van der Waals surface area (Å²) in [5, 5.41) is 13.9. The Bertz CT molecular complexity index is 464. The summed E-state index contributed by atoms with van der Waals surface area (Å²) in [5.74, 6) is 0. The zero-order valence-corrected chi connectivity index (χ0v) is 15.6. The number of ether oxygens (including phenoxy) is 1. The van der Waals surface area contributed by atoms with Crippen molar-refractivity contribution in [3.05, 3.63) is 0 Å². The van der Waals surface area contributed by atoms with Crippen molar-refractivity contribution in [1.29, 1.82) is 0 Å². The fourth-order valence-electron chi connectivity index (χ4n) is 4.51. The number of amides is 1. The van der Waals surface area contributed by atoms with Crippen LogP contribution in [-0.4, -0.2) is 52.0 Å². The van der Waals surface area contributed by atoms with Gasteiger partial charge in [0.1, 0.15) is 5.60 Å². The van der Waals surface area contributed by atoms with Crippen LogP contribution in [0.1, 0.15) is 78.6 Å². The molecule has 2 aliphatic carbocycles. The minimum atomic E-state index is -0.439. The van der Waals surface area contributed by atoms with Crippen molar-refractivity contribution < 1.29 is 14.6 Å². The van der Waals surface area contributed by atoms with Crippen molar-refractivity contribution >= 4 is 6.09 Å². The lowest BCUT2D eigenvalue weighted by Gasteiger charge is -2.49. The van der Waals surface area contributed by atoms with Gasteiger partial charge in [0.2, 0.25) is 0 Å². The first kappa shape index (κ1) is 18.0. The van der Waals surface area contributed by atoms with E-state index in [1.165, 1.54) is 12.8 Å². The summed E-state index contributed by atoms with van der Waals surface area (Å²) in [6, 6.07) is 0.370. The zero-order valence-electron chi connectivity index (χ0n) is 15.6. The molecule has 0 radical (unpaired) electrons. The van der Waals surface area contributed by atoms with Crippen LogP contribution >= 0.6 is 0 Å². The fourth-order valence-corrected chi connectivity index (χ4v) is 4.51. The molecule has 0 aromatic carbocycles. The molecule has 0 bridgehead atoms. The average Bonchev–Trinajstić information content (AvgIpc) is 2.79. The lowest BCUT2D eigenvalue weighted by Crippen LogP contribution is -2.61. The molecule has 2 saturated carbocycles. The van der Waals surface area contributed by atoms with E-state index in [2.05, 4.69) is 5.32 Å². The Kier molecular flexibility index (Phi) is 4.86. The number of hydrogen-bond acceptors (Lipinski definition) is 4. The number of aliphatic hydroxyl groups is 1. The molecular weight excluding hydrogens is 304 g/mol. The highest BCUT2D eigenvalue weighted by molar-refractivity contribution is 5.70. The van der Waals surface area contributed by atoms with Crippen molar-refractivity contribution in [2.75, 3.05) is 13.1 Å². The topological polar surface area (TPSA) is 61.8 Å². The van der Waals surface area contributed by atoms with Gasteiger partial charge in [-0.15, -0.1) is 0 Å². The molecule has 0 aromatic rings. The molecule has 1 atom stereocenters. The molecule has 0 unspecified atom stereocenters. The van der Waals surface area contributed by atoms with E-state index in [1.807, 2.05) is 25.7 Å². The van der Waals surface area contributed by atoms with Gasteiger partial charge in [0.05, 0.1) is 11.1 Å². The first-order valence-corrected chi connectivity index (χ1v) is 9.71. The van der Waals surface area contributed by atoms with Gasteiger partial charge in [-0.2, -0.15) is 0 Å². The van der Waals surface area contributed by atoms with Crippen molar-refractivity contribution in [1.82, 2.24) is 10.2 Å². The second kappa shape index (κ2) is 6.49. The van der Waals surface area contributed by atoms with E-state index in [1.54, 1.807) is 0 Å². The summed E-state index contributed by atoms with van der Waals surface area (Å²) in [4.78, 5) is 14.6. The van der Waals surface area contributed by atoms with Gasteiger partial charge in [0.15, 0.2) is 0 Å². The predicted octanol–water partition coefficient (Wildman–Crippen LogP) is 3.20. The molecule has 1 aliphatic heterocycles. The van der Waals surface area contributed by atoms with Crippen LogP contribution in [0.15, 0.2) is 0 Å². The Hall–Kier alpha value is -0.810. The highest BCUT2D eigenvalue weighted by Gasteiger charge is 2.55. The van der Waals surface area contributed by atoms with Gasteiger partial charge < -0.3 is 20.1 Å². The third-order valence-corrected chi connectivity index (χ3v) is 6.15. The molecule has 5 nitrogen and oxygen atoms in total. The minimum absolute atomic E-state index is 0.0320. The molecule has 1 saturated heterocycles. The Balaban J connectivity index is 1.50. The lowest BCUT2D eigenvalue weighted by molar-refractivity contribution is -0.0419. The van der Waals surface area contributed by atoms with Gasteiger partial charge in [0, 0.05) is 12.6 Å². The molecule has 2 N–H and O–H groups in total. The SMILES string of the molecule is CC(C)(C)OC(=O)N1CC[C@@H](NCCCC2(O)CCC2)C12CCC2. The zero-order chi connectivity index (χ0) is 17.4. The molecule has 24 heavy (non-hydrogen) atoms. The van der Waals surface area contributed by atoms with Crippen LogP contribution in [0.5, 0.6) is 0 Å². The van der Waals surface area contributed by atoms with Gasteiger partial charge in [-0.1, -0.05) is 0 Å². The van der Waals surface area contributed by atoms with Crippen LogP contribution in [0.4, 0.5) is 4.79 Å². The van der Waals surface area contributed by atoms with E-state index in [4.69, 9.17) is 4.74 Å². The molecule has 5 heteroatoms. The summed E-state index contributed by atoms with van der Waals surface area (Å²) >= 11 is 0. The highest BCUT2D eigenvalue weighted by atomic mass is 16.6. The molecule has 1 heterocycles. The van der Waals surface area contributed by atoms with Crippen LogP contribution in [0.2, 0.25) is 0 Å². The third kappa shape index (κ3) is 3.57. The molecule has 3 fully saturated rings.